The van der Waals surface area contributed by atoms with Crippen molar-refractivity contribution < 1.29 is 4.79 Å². The zero-order valence-electron chi connectivity index (χ0n) is 16.8. The molecule has 0 saturated carbocycles. The molecule has 0 bridgehead atoms. The molecule has 2 amide bonds. The quantitative estimate of drug-likeness (QED) is 0.771. The van der Waals surface area contributed by atoms with E-state index in [0.717, 1.165) is 37.1 Å². The summed E-state index contributed by atoms with van der Waals surface area (Å²) in [6.45, 7) is 6.87. The first-order chi connectivity index (χ1) is 13.4. The van der Waals surface area contributed by atoms with Gasteiger partial charge in [0.15, 0.2) is 0 Å². The molecule has 1 saturated heterocycles. The van der Waals surface area contributed by atoms with Crippen LogP contribution in [0.3, 0.4) is 0 Å². The fraction of sp³-hybridized carbons (Fsp3) is 0.476. The Morgan fingerprint density at radius 1 is 1.14 bits per heavy atom. The number of nitrogens with one attached hydrogen (secondary N) is 1. The van der Waals surface area contributed by atoms with E-state index in [4.69, 9.17) is 11.6 Å². The van der Waals surface area contributed by atoms with Crippen molar-refractivity contribution in [2.75, 3.05) is 46.8 Å². The molecular weight excluding hydrogens is 392 g/mol. The van der Waals surface area contributed by atoms with Crippen LogP contribution in [0, 0.1) is 6.92 Å². The van der Waals surface area contributed by atoms with Gasteiger partial charge in [-0.3, -0.25) is 4.90 Å². The Labute approximate surface area is 176 Å². The topological polar surface area (TPSA) is 38.8 Å². The average molecular weight is 421 g/mol. The molecule has 152 valence electrons. The van der Waals surface area contributed by atoms with Crippen molar-refractivity contribution in [2.45, 2.75) is 19.5 Å². The monoisotopic (exact) mass is 420 g/mol. The highest BCUT2D eigenvalue weighted by Crippen LogP contribution is 2.23. The third-order valence-corrected chi connectivity index (χ3v) is 6.42. The SMILES string of the molecule is Cc1ccc(C(CNC(=O)N2CCN(Cc3ccc(Cl)s3)CC2)N(C)C)cc1. The van der Waals surface area contributed by atoms with Crippen molar-refractivity contribution in [3.63, 3.8) is 0 Å². The van der Waals surface area contributed by atoms with Gasteiger partial charge < -0.3 is 15.1 Å². The maximum atomic E-state index is 12.6. The van der Waals surface area contributed by atoms with Crippen LogP contribution in [-0.4, -0.2) is 67.5 Å². The fourth-order valence-electron chi connectivity index (χ4n) is 3.45. The summed E-state index contributed by atoms with van der Waals surface area (Å²) >= 11 is 7.64. The Hall–Kier alpha value is -1.60. The average Bonchev–Trinajstić information content (AvgIpc) is 3.08. The molecule has 7 heteroatoms. The van der Waals surface area contributed by atoms with E-state index >= 15 is 0 Å². The van der Waals surface area contributed by atoms with Gasteiger partial charge in [0.05, 0.1) is 10.4 Å². The van der Waals surface area contributed by atoms with Gasteiger partial charge in [0.1, 0.15) is 0 Å². The smallest absolute Gasteiger partial charge is 0.317 e. The standard InChI is InChI=1S/C21H29ClN4OS/c1-16-4-6-17(7-5-16)19(24(2)3)14-23-21(27)26-12-10-25(11-13-26)15-18-8-9-20(22)28-18/h4-9,19H,10-15H2,1-3H3,(H,23,27). The fourth-order valence-corrected chi connectivity index (χ4v) is 4.58. The van der Waals surface area contributed by atoms with E-state index in [-0.39, 0.29) is 12.1 Å². The molecule has 1 aromatic carbocycles. The second-order valence-corrected chi connectivity index (χ2v) is 9.34. The van der Waals surface area contributed by atoms with Crippen LogP contribution in [0.5, 0.6) is 0 Å². The molecule has 5 nitrogen and oxygen atoms in total. The van der Waals surface area contributed by atoms with E-state index < -0.39 is 0 Å². The van der Waals surface area contributed by atoms with Crippen LogP contribution in [0.4, 0.5) is 4.79 Å². The minimum Gasteiger partial charge on any atom is -0.336 e. The summed E-state index contributed by atoms with van der Waals surface area (Å²) in [5.41, 5.74) is 2.46. The van der Waals surface area contributed by atoms with Gasteiger partial charge in [-0.2, -0.15) is 0 Å². The lowest BCUT2D eigenvalue weighted by molar-refractivity contribution is 0.134. The summed E-state index contributed by atoms with van der Waals surface area (Å²) < 4.78 is 0.831. The summed E-state index contributed by atoms with van der Waals surface area (Å²) in [5, 5.41) is 3.13. The molecule has 0 aliphatic carbocycles. The van der Waals surface area contributed by atoms with Gasteiger partial charge in [-0.05, 0) is 38.7 Å². The van der Waals surface area contributed by atoms with Crippen molar-refractivity contribution in [2.24, 2.45) is 0 Å². The zero-order valence-corrected chi connectivity index (χ0v) is 18.4. The first-order valence-corrected chi connectivity index (χ1v) is 10.8. The van der Waals surface area contributed by atoms with Gasteiger partial charge in [-0.1, -0.05) is 41.4 Å². The number of likely N-dealkylation sites (N-methyl/N-ethyl adjacent to an activating group) is 1. The van der Waals surface area contributed by atoms with Gasteiger partial charge in [0.2, 0.25) is 0 Å². The van der Waals surface area contributed by atoms with Gasteiger partial charge in [0, 0.05) is 44.1 Å². The normalized spacial score (nSPS) is 16.4. The molecule has 1 aliphatic rings. The lowest BCUT2D eigenvalue weighted by Gasteiger charge is -2.35. The number of thiophene rings is 1. The van der Waals surface area contributed by atoms with Crippen LogP contribution >= 0.6 is 22.9 Å². The summed E-state index contributed by atoms with van der Waals surface area (Å²) in [4.78, 5) is 20.4. The third-order valence-electron chi connectivity index (χ3n) is 5.20. The van der Waals surface area contributed by atoms with Crippen LogP contribution in [0.25, 0.3) is 0 Å². The number of hydrogen-bond donors (Lipinski definition) is 1. The Morgan fingerprint density at radius 2 is 1.82 bits per heavy atom. The van der Waals surface area contributed by atoms with Crippen molar-refractivity contribution in [3.8, 4) is 0 Å². The van der Waals surface area contributed by atoms with Gasteiger partial charge >= 0.3 is 6.03 Å². The van der Waals surface area contributed by atoms with Gasteiger partial charge in [0.25, 0.3) is 0 Å². The maximum absolute atomic E-state index is 12.6. The summed E-state index contributed by atoms with van der Waals surface area (Å²) in [7, 11) is 4.10. The first kappa shape index (κ1) is 21.1. The molecule has 0 radical (unpaired) electrons. The molecule has 1 unspecified atom stereocenters. The largest absolute Gasteiger partial charge is 0.336 e. The minimum absolute atomic E-state index is 0.0257. The lowest BCUT2D eigenvalue weighted by Crippen LogP contribution is -2.52. The molecule has 28 heavy (non-hydrogen) atoms. The molecule has 3 rings (SSSR count). The number of halogens is 1. The summed E-state index contributed by atoms with van der Waals surface area (Å²) in [6.07, 6.45) is 0. The molecule has 1 atom stereocenters. The highest BCUT2D eigenvalue weighted by atomic mass is 35.5. The van der Waals surface area contributed by atoms with Crippen LogP contribution in [0.15, 0.2) is 36.4 Å². The molecule has 2 aromatic rings. The van der Waals surface area contributed by atoms with E-state index in [2.05, 4.69) is 52.4 Å². The van der Waals surface area contributed by atoms with Crippen molar-refractivity contribution in [1.82, 2.24) is 20.0 Å². The van der Waals surface area contributed by atoms with Gasteiger partial charge in [-0.15, -0.1) is 11.3 Å². The number of carbonyl (C=O) groups is 1. The van der Waals surface area contributed by atoms with Crippen LogP contribution in [-0.2, 0) is 6.54 Å². The Kier molecular flexibility index (Phi) is 7.35. The third kappa shape index (κ3) is 5.70. The van der Waals surface area contributed by atoms with Crippen molar-refractivity contribution >= 4 is 29.0 Å². The molecule has 1 fully saturated rings. The molecule has 2 heterocycles. The predicted octanol–water partition coefficient (Wildman–Crippen LogP) is 3.84. The number of amides is 2. The van der Waals surface area contributed by atoms with Gasteiger partial charge in [-0.25, -0.2) is 4.79 Å². The summed E-state index contributed by atoms with van der Waals surface area (Å²) in [5.74, 6) is 0. The van der Waals surface area contributed by atoms with Crippen LogP contribution in [0.1, 0.15) is 22.0 Å². The first-order valence-electron chi connectivity index (χ1n) is 9.64. The Balaban J connectivity index is 1.47. The second-order valence-electron chi connectivity index (χ2n) is 7.55. The molecule has 1 aromatic heterocycles. The number of aryl methyl sites for hydroxylation is 1. The number of piperazine rings is 1. The van der Waals surface area contributed by atoms with E-state index in [0.29, 0.717) is 6.54 Å². The highest BCUT2D eigenvalue weighted by molar-refractivity contribution is 7.16. The van der Waals surface area contributed by atoms with Crippen LogP contribution < -0.4 is 5.32 Å². The van der Waals surface area contributed by atoms with E-state index in [1.54, 1.807) is 11.3 Å². The number of rotatable bonds is 6. The Bertz CT molecular complexity index is 769. The van der Waals surface area contributed by atoms with Crippen molar-refractivity contribution in [3.05, 3.63) is 56.7 Å². The zero-order chi connectivity index (χ0) is 20.1. The Morgan fingerprint density at radius 3 is 2.39 bits per heavy atom. The van der Waals surface area contributed by atoms with E-state index in [9.17, 15) is 4.79 Å². The number of carbonyl (C=O) groups excluding carboxylic acids is 1. The lowest BCUT2D eigenvalue weighted by atomic mass is 10.0. The highest BCUT2D eigenvalue weighted by Gasteiger charge is 2.23. The molecule has 1 aliphatic heterocycles. The maximum Gasteiger partial charge on any atom is 0.317 e. The number of hydrogen-bond acceptors (Lipinski definition) is 4. The molecule has 0 spiro atoms. The molecular formula is C21H29ClN4OS. The van der Waals surface area contributed by atoms with E-state index in [1.807, 2.05) is 25.1 Å². The molecule has 1 N–H and O–H groups in total. The number of urea groups is 1. The second kappa shape index (κ2) is 9.74. The van der Waals surface area contributed by atoms with Crippen molar-refractivity contribution in [1.29, 1.82) is 0 Å². The number of benzene rings is 1. The predicted molar refractivity (Wildman–Crippen MR) is 117 cm³/mol. The summed E-state index contributed by atoms with van der Waals surface area (Å²) in [6, 6.07) is 12.7. The number of nitrogens with zero attached hydrogens (tertiary/aromatic N) is 3. The minimum atomic E-state index is 0.0257. The van der Waals surface area contributed by atoms with E-state index in [1.165, 1.54) is 16.0 Å². The van der Waals surface area contributed by atoms with Crippen LogP contribution in [0.2, 0.25) is 4.34 Å².